The van der Waals surface area contributed by atoms with Crippen LogP contribution in [0.15, 0.2) is 18.2 Å². The molecule has 1 aromatic rings. The van der Waals surface area contributed by atoms with Crippen molar-refractivity contribution >= 4 is 34.8 Å². The van der Waals surface area contributed by atoms with Crippen molar-refractivity contribution in [3.8, 4) is 0 Å². The number of morpholine rings is 2. The molecule has 0 radical (unpaired) electrons. The fourth-order valence-electron chi connectivity index (χ4n) is 2.26. The average Bonchev–Trinajstić information content (AvgIpc) is 2.54. The third-order valence-corrected chi connectivity index (χ3v) is 3.88. The monoisotopic (exact) mass is 355 g/mol. The third-order valence-electron chi connectivity index (χ3n) is 3.58. The van der Waals surface area contributed by atoms with Gasteiger partial charge in [0.15, 0.2) is 0 Å². The highest BCUT2D eigenvalue weighted by Crippen LogP contribution is 2.29. The second-order valence-electron chi connectivity index (χ2n) is 5.76. The van der Waals surface area contributed by atoms with Crippen LogP contribution in [-0.4, -0.2) is 50.3 Å². The number of nitrogens with zero attached hydrogens (tertiary/aromatic N) is 1. The molecule has 2 atom stereocenters. The Balaban J connectivity index is 0.000000219. The summed E-state index contributed by atoms with van der Waals surface area (Å²) in [6.07, 6.45) is 0.207. The van der Waals surface area contributed by atoms with Gasteiger partial charge in [0, 0.05) is 12.2 Å². The summed E-state index contributed by atoms with van der Waals surface area (Å²) in [4.78, 5) is 23.7. The highest BCUT2D eigenvalue weighted by atomic mass is 35.5. The molecule has 0 aliphatic carbocycles. The lowest BCUT2D eigenvalue weighted by Gasteiger charge is -2.31. The van der Waals surface area contributed by atoms with E-state index in [0.29, 0.717) is 29.5 Å². The summed E-state index contributed by atoms with van der Waals surface area (Å²) in [6, 6.07) is 5.13. The van der Waals surface area contributed by atoms with Crippen molar-refractivity contribution in [1.82, 2.24) is 5.32 Å². The van der Waals surface area contributed by atoms with E-state index in [0.717, 1.165) is 0 Å². The van der Waals surface area contributed by atoms with Crippen LogP contribution in [0.4, 0.5) is 11.4 Å². The first kappa shape index (κ1) is 18.5. The van der Waals surface area contributed by atoms with Gasteiger partial charge in [-0.05, 0) is 32.0 Å². The van der Waals surface area contributed by atoms with Crippen molar-refractivity contribution in [2.45, 2.75) is 26.1 Å². The molecule has 2 amide bonds. The second-order valence-corrected chi connectivity index (χ2v) is 6.17. The van der Waals surface area contributed by atoms with Gasteiger partial charge in [0.25, 0.3) is 5.91 Å². The summed E-state index contributed by atoms with van der Waals surface area (Å²) >= 11 is 6.06. The average molecular weight is 356 g/mol. The van der Waals surface area contributed by atoms with Crippen LogP contribution in [0, 0.1) is 0 Å². The van der Waals surface area contributed by atoms with Crippen LogP contribution in [0.3, 0.4) is 0 Å². The van der Waals surface area contributed by atoms with E-state index in [4.69, 9.17) is 26.8 Å². The summed E-state index contributed by atoms with van der Waals surface area (Å²) in [5, 5.41) is 3.16. The SMILES string of the molecule is CC1CN(c2ccc(N)cc2Cl)C(=O)CO1.CC1CNC(=O)CO1. The molecule has 7 nitrogen and oxygen atoms in total. The first-order valence-corrected chi connectivity index (χ1v) is 8.10. The number of carbonyl (C=O) groups is 2. The number of benzene rings is 1. The van der Waals surface area contributed by atoms with E-state index in [1.165, 1.54) is 0 Å². The first-order chi connectivity index (χ1) is 11.4. The maximum atomic E-state index is 11.7. The first-order valence-electron chi connectivity index (χ1n) is 7.72. The molecule has 2 fully saturated rings. The Kier molecular flexibility index (Phi) is 6.42. The van der Waals surface area contributed by atoms with E-state index in [9.17, 15) is 9.59 Å². The summed E-state index contributed by atoms with van der Waals surface area (Å²) in [5.74, 6) is -0.0899. The fraction of sp³-hybridized carbons (Fsp3) is 0.500. The predicted molar refractivity (Wildman–Crippen MR) is 92.1 cm³/mol. The molecule has 0 spiro atoms. The fourth-order valence-corrected chi connectivity index (χ4v) is 2.55. The van der Waals surface area contributed by atoms with Crippen molar-refractivity contribution in [3.05, 3.63) is 23.2 Å². The number of hydrogen-bond donors (Lipinski definition) is 2. The Labute approximate surface area is 146 Å². The van der Waals surface area contributed by atoms with Gasteiger partial charge in [0.1, 0.15) is 13.2 Å². The van der Waals surface area contributed by atoms with Crippen LogP contribution in [0.2, 0.25) is 5.02 Å². The Morgan fingerprint density at radius 3 is 2.50 bits per heavy atom. The van der Waals surface area contributed by atoms with Crippen LogP contribution in [-0.2, 0) is 19.1 Å². The van der Waals surface area contributed by atoms with Crippen LogP contribution in [0.5, 0.6) is 0 Å². The summed E-state index contributed by atoms with van der Waals surface area (Å²) in [7, 11) is 0. The second kappa shape index (κ2) is 8.32. The van der Waals surface area contributed by atoms with Gasteiger partial charge in [-0.15, -0.1) is 0 Å². The topological polar surface area (TPSA) is 93.9 Å². The van der Waals surface area contributed by atoms with Crippen molar-refractivity contribution in [2.24, 2.45) is 0 Å². The molecule has 132 valence electrons. The molecule has 2 aliphatic rings. The van der Waals surface area contributed by atoms with Crippen molar-refractivity contribution in [3.63, 3.8) is 0 Å². The van der Waals surface area contributed by atoms with E-state index in [-0.39, 0.29) is 37.2 Å². The van der Waals surface area contributed by atoms with Crippen molar-refractivity contribution < 1.29 is 19.1 Å². The van der Waals surface area contributed by atoms with Crippen molar-refractivity contribution in [2.75, 3.05) is 36.9 Å². The van der Waals surface area contributed by atoms with E-state index < -0.39 is 0 Å². The number of nitrogen functional groups attached to an aromatic ring is 1. The molecule has 2 aliphatic heterocycles. The summed E-state index contributed by atoms with van der Waals surface area (Å²) in [5.41, 5.74) is 6.88. The Bertz CT molecular complexity index is 601. The lowest BCUT2D eigenvalue weighted by Crippen LogP contribution is -2.45. The maximum absolute atomic E-state index is 11.7. The number of halogens is 1. The molecule has 0 bridgehead atoms. The zero-order valence-corrected chi connectivity index (χ0v) is 14.5. The van der Waals surface area contributed by atoms with Crippen LogP contribution in [0.25, 0.3) is 0 Å². The lowest BCUT2D eigenvalue weighted by atomic mass is 10.2. The normalized spacial score (nSPS) is 24.0. The zero-order chi connectivity index (χ0) is 17.7. The van der Waals surface area contributed by atoms with Crippen LogP contribution in [0.1, 0.15) is 13.8 Å². The molecule has 2 unspecified atom stereocenters. The van der Waals surface area contributed by atoms with Gasteiger partial charge in [-0.1, -0.05) is 11.6 Å². The Hall–Kier alpha value is -1.83. The quantitative estimate of drug-likeness (QED) is 0.738. The van der Waals surface area contributed by atoms with Gasteiger partial charge in [0.05, 0.1) is 29.5 Å². The molecule has 0 aromatic heterocycles. The van der Waals surface area contributed by atoms with Crippen LogP contribution < -0.4 is 16.0 Å². The van der Waals surface area contributed by atoms with Gasteiger partial charge >= 0.3 is 0 Å². The number of amides is 2. The molecule has 8 heteroatoms. The molecule has 24 heavy (non-hydrogen) atoms. The van der Waals surface area contributed by atoms with E-state index in [2.05, 4.69) is 5.32 Å². The van der Waals surface area contributed by atoms with E-state index in [1.54, 1.807) is 23.1 Å². The Morgan fingerprint density at radius 1 is 1.21 bits per heavy atom. The van der Waals surface area contributed by atoms with E-state index >= 15 is 0 Å². The smallest absolute Gasteiger partial charge is 0.253 e. The number of rotatable bonds is 1. The molecule has 2 heterocycles. The number of hydrogen-bond acceptors (Lipinski definition) is 5. The predicted octanol–water partition coefficient (Wildman–Crippen LogP) is 1.20. The highest BCUT2D eigenvalue weighted by molar-refractivity contribution is 6.34. The van der Waals surface area contributed by atoms with Crippen LogP contribution >= 0.6 is 11.6 Å². The van der Waals surface area contributed by atoms with Gasteiger partial charge in [-0.2, -0.15) is 0 Å². The molecule has 3 rings (SSSR count). The molecule has 2 saturated heterocycles. The zero-order valence-electron chi connectivity index (χ0n) is 13.8. The van der Waals surface area contributed by atoms with Gasteiger partial charge in [-0.3, -0.25) is 9.59 Å². The Morgan fingerprint density at radius 2 is 1.92 bits per heavy atom. The van der Waals surface area contributed by atoms with Crippen molar-refractivity contribution in [1.29, 1.82) is 0 Å². The molecule has 0 saturated carbocycles. The molecular weight excluding hydrogens is 334 g/mol. The largest absolute Gasteiger partial charge is 0.399 e. The highest BCUT2D eigenvalue weighted by Gasteiger charge is 2.26. The molecule has 1 aromatic carbocycles. The number of ether oxygens (including phenoxy) is 2. The molecule has 3 N–H and O–H groups in total. The minimum atomic E-state index is -0.0789. The lowest BCUT2D eigenvalue weighted by molar-refractivity contribution is -0.132. The number of nitrogens with one attached hydrogen (secondary N) is 1. The molecular formula is C16H22ClN3O4. The number of anilines is 2. The van der Waals surface area contributed by atoms with Gasteiger partial charge < -0.3 is 25.4 Å². The van der Waals surface area contributed by atoms with Gasteiger partial charge in [-0.25, -0.2) is 0 Å². The minimum absolute atomic E-state index is 0.0110. The standard InChI is InChI=1S/C11H13ClN2O2.C5H9NO2/c1-7-5-14(11(15)6-16-7)10-3-2-8(13)4-9(10)12;1-4-2-6-5(7)3-8-4/h2-4,7H,5-6,13H2,1H3;4H,2-3H2,1H3,(H,6,7). The van der Waals surface area contributed by atoms with Gasteiger partial charge in [0.2, 0.25) is 5.91 Å². The number of carbonyl (C=O) groups excluding carboxylic acids is 2. The third kappa shape index (κ3) is 5.09. The van der Waals surface area contributed by atoms with E-state index in [1.807, 2.05) is 13.8 Å². The minimum Gasteiger partial charge on any atom is -0.399 e. The summed E-state index contributed by atoms with van der Waals surface area (Å²) < 4.78 is 10.2. The summed E-state index contributed by atoms with van der Waals surface area (Å²) in [6.45, 7) is 5.34. The number of nitrogens with two attached hydrogens (primary N) is 1. The maximum Gasteiger partial charge on any atom is 0.253 e.